The smallest absolute Gasteiger partial charge is 0.310 e. The number of aromatic nitrogens is 1. The molecule has 150 valence electrons. The lowest BCUT2D eigenvalue weighted by Crippen LogP contribution is -2.29. The van der Waals surface area contributed by atoms with Crippen LogP contribution in [0.3, 0.4) is 0 Å². The average Bonchev–Trinajstić information content (AvgIpc) is 3.19. The summed E-state index contributed by atoms with van der Waals surface area (Å²) in [6.45, 7) is 2.12. The highest BCUT2D eigenvalue weighted by atomic mass is 19.3. The summed E-state index contributed by atoms with van der Waals surface area (Å²) in [6, 6.07) is 13.6. The summed E-state index contributed by atoms with van der Waals surface area (Å²) in [7, 11) is 0. The number of para-hydroxylation sites is 1. The normalized spacial score (nSPS) is 19.5. The van der Waals surface area contributed by atoms with Gasteiger partial charge in [-0.1, -0.05) is 38.1 Å². The van der Waals surface area contributed by atoms with Crippen molar-refractivity contribution in [2.45, 2.75) is 33.3 Å². The zero-order valence-corrected chi connectivity index (χ0v) is 15.2. The molecular weight excluding hydrogens is 378 g/mol. The standard InChI is InChI=1S/C20H19F4NO3/c1-19(2)15(20(19,17(21)22)18(23)24)16(26)27-11-12-7-6-10-14(25-12)28-13-8-4-3-5-9-13/h3-10,15,17-18H,11H2,1-2H3. The van der Waals surface area contributed by atoms with Crippen LogP contribution in [0, 0.1) is 16.7 Å². The first-order chi connectivity index (χ1) is 13.2. The van der Waals surface area contributed by atoms with E-state index in [4.69, 9.17) is 9.47 Å². The van der Waals surface area contributed by atoms with Gasteiger partial charge in [0.1, 0.15) is 17.8 Å². The molecule has 1 aliphatic carbocycles. The molecule has 0 bridgehead atoms. The summed E-state index contributed by atoms with van der Waals surface area (Å²) in [5, 5.41) is 0. The Morgan fingerprint density at radius 1 is 1.04 bits per heavy atom. The summed E-state index contributed by atoms with van der Waals surface area (Å²) in [5.41, 5.74) is -3.94. The molecular formula is C20H19F4NO3. The molecule has 0 aliphatic heterocycles. The van der Waals surface area contributed by atoms with Crippen molar-refractivity contribution in [3.05, 3.63) is 54.2 Å². The first kappa shape index (κ1) is 20.1. The quantitative estimate of drug-likeness (QED) is 0.482. The third-order valence-corrected chi connectivity index (χ3v) is 5.30. The van der Waals surface area contributed by atoms with E-state index in [1.807, 2.05) is 6.07 Å². The van der Waals surface area contributed by atoms with Gasteiger partial charge in [0, 0.05) is 6.07 Å². The fraction of sp³-hybridized carbons (Fsp3) is 0.400. The number of carbonyl (C=O) groups excluding carboxylic acids is 1. The molecule has 1 aromatic carbocycles. The van der Waals surface area contributed by atoms with Gasteiger partial charge in [-0.05, 0) is 23.6 Å². The second-order valence-corrected chi connectivity index (χ2v) is 7.18. The zero-order chi connectivity index (χ0) is 20.5. The van der Waals surface area contributed by atoms with E-state index < -0.39 is 35.6 Å². The summed E-state index contributed by atoms with van der Waals surface area (Å²) < 4.78 is 63.9. The van der Waals surface area contributed by atoms with E-state index in [1.54, 1.807) is 42.5 Å². The molecule has 1 aromatic heterocycles. The molecule has 1 fully saturated rings. The summed E-state index contributed by atoms with van der Waals surface area (Å²) in [5.74, 6) is -1.85. The second kappa shape index (κ2) is 7.41. The fourth-order valence-corrected chi connectivity index (χ4v) is 3.66. The van der Waals surface area contributed by atoms with Crippen LogP contribution in [0.1, 0.15) is 19.5 Å². The van der Waals surface area contributed by atoms with Gasteiger partial charge in [0.05, 0.1) is 11.6 Å². The summed E-state index contributed by atoms with van der Waals surface area (Å²) >= 11 is 0. The Balaban J connectivity index is 1.66. The molecule has 1 saturated carbocycles. The number of carbonyl (C=O) groups is 1. The van der Waals surface area contributed by atoms with E-state index in [2.05, 4.69) is 4.98 Å². The van der Waals surface area contributed by atoms with Gasteiger partial charge in [0.15, 0.2) is 0 Å². The molecule has 0 saturated heterocycles. The van der Waals surface area contributed by atoms with Crippen LogP contribution in [0.4, 0.5) is 17.6 Å². The van der Waals surface area contributed by atoms with Gasteiger partial charge < -0.3 is 9.47 Å². The molecule has 0 amide bonds. The van der Waals surface area contributed by atoms with Crippen LogP contribution in [0.25, 0.3) is 0 Å². The molecule has 1 aliphatic rings. The van der Waals surface area contributed by atoms with E-state index in [1.165, 1.54) is 13.8 Å². The molecule has 4 nitrogen and oxygen atoms in total. The molecule has 0 spiro atoms. The Bertz CT molecular complexity index is 834. The maximum Gasteiger partial charge on any atom is 0.310 e. The van der Waals surface area contributed by atoms with Crippen LogP contribution in [-0.2, 0) is 16.1 Å². The molecule has 28 heavy (non-hydrogen) atoms. The first-order valence-corrected chi connectivity index (χ1v) is 8.63. The fourth-order valence-electron chi connectivity index (χ4n) is 3.66. The van der Waals surface area contributed by atoms with Crippen LogP contribution < -0.4 is 4.74 Å². The minimum Gasteiger partial charge on any atom is -0.459 e. The van der Waals surface area contributed by atoms with Gasteiger partial charge in [-0.3, -0.25) is 4.79 Å². The predicted molar refractivity (Wildman–Crippen MR) is 92.3 cm³/mol. The van der Waals surface area contributed by atoms with Gasteiger partial charge in [-0.25, -0.2) is 22.5 Å². The Morgan fingerprint density at radius 3 is 2.25 bits per heavy atom. The highest BCUT2D eigenvalue weighted by Crippen LogP contribution is 2.74. The Hall–Kier alpha value is -2.64. The SMILES string of the molecule is CC1(C)C(C(=O)OCc2cccc(Oc3ccccc3)n2)C1(C(F)F)C(F)F. The number of hydrogen-bond donors (Lipinski definition) is 0. The first-order valence-electron chi connectivity index (χ1n) is 8.63. The van der Waals surface area contributed by atoms with Gasteiger partial charge in [0.25, 0.3) is 12.9 Å². The lowest BCUT2D eigenvalue weighted by Gasteiger charge is -2.17. The topological polar surface area (TPSA) is 48.4 Å². The number of pyridine rings is 1. The van der Waals surface area contributed by atoms with Crippen LogP contribution in [0.2, 0.25) is 0 Å². The number of ether oxygens (including phenoxy) is 2. The monoisotopic (exact) mass is 397 g/mol. The van der Waals surface area contributed by atoms with E-state index in [-0.39, 0.29) is 12.5 Å². The highest BCUT2D eigenvalue weighted by Gasteiger charge is 2.83. The van der Waals surface area contributed by atoms with Gasteiger partial charge >= 0.3 is 5.97 Å². The Kier molecular flexibility index (Phi) is 5.32. The number of hydrogen-bond acceptors (Lipinski definition) is 4. The van der Waals surface area contributed by atoms with Crippen LogP contribution in [-0.4, -0.2) is 23.8 Å². The van der Waals surface area contributed by atoms with Crippen molar-refractivity contribution in [3.8, 4) is 11.6 Å². The van der Waals surface area contributed by atoms with Crippen molar-refractivity contribution in [2.24, 2.45) is 16.7 Å². The molecule has 3 rings (SSSR count). The maximum absolute atomic E-state index is 13.3. The lowest BCUT2D eigenvalue weighted by atomic mass is 9.97. The number of benzene rings is 1. The summed E-state index contributed by atoms with van der Waals surface area (Å²) in [6.07, 6.45) is -6.67. The third-order valence-electron chi connectivity index (χ3n) is 5.30. The maximum atomic E-state index is 13.3. The van der Waals surface area contributed by atoms with Crippen molar-refractivity contribution in [3.63, 3.8) is 0 Å². The van der Waals surface area contributed by atoms with Gasteiger partial charge in [-0.2, -0.15) is 0 Å². The minimum absolute atomic E-state index is 0.251. The molecule has 8 heteroatoms. The predicted octanol–water partition coefficient (Wildman–Crippen LogP) is 5.09. The molecule has 0 N–H and O–H groups in total. The summed E-state index contributed by atoms with van der Waals surface area (Å²) in [4.78, 5) is 16.4. The highest BCUT2D eigenvalue weighted by molar-refractivity contribution is 5.79. The van der Waals surface area contributed by atoms with Crippen molar-refractivity contribution >= 4 is 5.97 Å². The van der Waals surface area contributed by atoms with E-state index in [0.717, 1.165) is 0 Å². The van der Waals surface area contributed by atoms with Gasteiger partial charge in [-0.15, -0.1) is 0 Å². The van der Waals surface area contributed by atoms with Crippen molar-refractivity contribution < 1.29 is 31.8 Å². The molecule has 1 unspecified atom stereocenters. The van der Waals surface area contributed by atoms with Gasteiger partial charge in [0.2, 0.25) is 5.88 Å². The zero-order valence-electron chi connectivity index (χ0n) is 15.2. The molecule has 1 atom stereocenters. The number of rotatable bonds is 7. The minimum atomic E-state index is -3.33. The number of alkyl halides is 4. The molecule has 1 heterocycles. The number of nitrogens with zero attached hydrogens (tertiary/aromatic N) is 1. The Labute approximate surface area is 159 Å². The van der Waals surface area contributed by atoms with Crippen molar-refractivity contribution in [1.82, 2.24) is 4.98 Å². The molecule has 2 aromatic rings. The van der Waals surface area contributed by atoms with Crippen LogP contribution >= 0.6 is 0 Å². The third kappa shape index (κ3) is 3.31. The van der Waals surface area contributed by atoms with Crippen LogP contribution in [0.5, 0.6) is 11.6 Å². The second-order valence-electron chi connectivity index (χ2n) is 7.18. The van der Waals surface area contributed by atoms with E-state index in [0.29, 0.717) is 11.4 Å². The lowest BCUT2D eigenvalue weighted by molar-refractivity contribution is -0.151. The Morgan fingerprint density at radius 2 is 1.68 bits per heavy atom. The van der Waals surface area contributed by atoms with Crippen molar-refractivity contribution in [1.29, 1.82) is 0 Å². The van der Waals surface area contributed by atoms with Crippen LogP contribution in [0.15, 0.2) is 48.5 Å². The van der Waals surface area contributed by atoms with E-state index in [9.17, 15) is 22.4 Å². The molecule has 0 radical (unpaired) electrons. The number of halogens is 4. The largest absolute Gasteiger partial charge is 0.459 e. The van der Waals surface area contributed by atoms with Crippen molar-refractivity contribution in [2.75, 3.05) is 0 Å². The number of esters is 1. The van der Waals surface area contributed by atoms with E-state index >= 15 is 0 Å². The average molecular weight is 397 g/mol.